The van der Waals surface area contributed by atoms with Crippen LogP contribution in [0.2, 0.25) is 0 Å². The summed E-state index contributed by atoms with van der Waals surface area (Å²) in [5, 5.41) is 18.7. The number of nitrogen functional groups attached to an aromatic ring is 1. The van der Waals surface area contributed by atoms with Crippen molar-refractivity contribution < 1.29 is 0 Å². The summed E-state index contributed by atoms with van der Waals surface area (Å²) in [5.41, 5.74) is 14.8. The van der Waals surface area contributed by atoms with Gasteiger partial charge in [0, 0.05) is 22.6 Å². The first-order valence-corrected chi connectivity index (χ1v) is 9.20. The van der Waals surface area contributed by atoms with Gasteiger partial charge in [0.2, 0.25) is 0 Å². The third-order valence-corrected chi connectivity index (χ3v) is 5.03. The Kier molecular flexibility index (Phi) is 4.53. The molecule has 0 radical (unpaired) electrons. The van der Waals surface area contributed by atoms with Crippen molar-refractivity contribution in [2.45, 2.75) is 13.3 Å². The number of amidine groups is 1. The van der Waals surface area contributed by atoms with Crippen LogP contribution in [-0.4, -0.2) is 11.5 Å². The van der Waals surface area contributed by atoms with Gasteiger partial charge in [-0.05, 0) is 71.5 Å². The predicted octanol–water partition coefficient (Wildman–Crippen LogP) is 5.20. The average Bonchev–Trinajstić information content (AvgIpc) is 3.12. The van der Waals surface area contributed by atoms with Gasteiger partial charge < -0.3 is 16.5 Å². The number of nitrogens with one attached hydrogen (secondary N) is 3. The Morgan fingerprint density at radius 2 is 1.46 bits per heavy atom. The van der Waals surface area contributed by atoms with Gasteiger partial charge >= 0.3 is 0 Å². The molecule has 0 saturated heterocycles. The van der Waals surface area contributed by atoms with Gasteiger partial charge in [0.25, 0.3) is 0 Å². The minimum atomic E-state index is 0.107. The normalized spacial score (nSPS) is 12.2. The van der Waals surface area contributed by atoms with Crippen molar-refractivity contribution in [3.05, 3.63) is 94.5 Å². The standard InChI is InChI=1S/C24H22N4/c1-15(25)16-4-8-22(9-5-16)28-23-10-6-17(7-11-23)20-12-18-2-3-19(24(26)27)13-21(18)14-20/h2-13,25,28H,14H2,1H3,(H3,26,27). The van der Waals surface area contributed by atoms with Crippen LogP contribution in [0.15, 0.2) is 66.7 Å². The molecule has 0 heterocycles. The fourth-order valence-corrected chi connectivity index (χ4v) is 3.43. The third-order valence-electron chi connectivity index (χ3n) is 5.03. The zero-order chi connectivity index (χ0) is 19.7. The van der Waals surface area contributed by atoms with E-state index in [4.69, 9.17) is 16.6 Å². The second kappa shape index (κ2) is 7.16. The molecule has 0 saturated carbocycles. The van der Waals surface area contributed by atoms with E-state index < -0.39 is 0 Å². The van der Waals surface area contributed by atoms with E-state index in [9.17, 15) is 0 Å². The van der Waals surface area contributed by atoms with Crippen LogP contribution in [0.25, 0.3) is 11.6 Å². The molecule has 3 aromatic rings. The van der Waals surface area contributed by atoms with E-state index in [1.54, 1.807) is 6.92 Å². The van der Waals surface area contributed by atoms with Crippen LogP contribution in [0.1, 0.15) is 34.7 Å². The number of hydrogen-bond acceptors (Lipinski definition) is 3. The van der Waals surface area contributed by atoms with Crippen molar-refractivity contribution in [2.75, 3.05) is 5.32 Å². The molecule has 4 rings (SSSR count). The van der Waals surface area contributed by atoms with E-state index in [1.807, 2.05) is 42.5 Å². The molecule has 1 aliphatic carbocycles. The van der Waals surface area contributed by atoms with Gasteiger partial charge in [0.1, 0.15) is 5.84 Å². The summed E-state index contributed by atoms with van der Waals surface area (Å²) in [6.45, 7) is 1.79. The lowest BCUT2D eigenvalue weighted by Gasteiger charge is -2.09. The molecule has 138 valence electrons. The molecule has 0 aliphatic heterocycles. The van der Waals surface area contributed by atoms with Crippen LogP contribution in [0.4, 0.5) is 11.4 Å². The molecule has 0 amide bonds. The van der Waals surface area contributed by atoms with Crippen LogP contribution >= 0.6 is 0 Å². The lowest BCUT2D eigenvalue weighted by Crippen LogP contribution is -2.11. The van der Waals surface area contributed by atoms with E-state index in [0.717, 1.165) is 28.9 Å². The lowest BCUT2D eigenvalue weighted by molar-refractivity contribution is 1.30. The largest absolute Gasteiger partial charge is 0.384 e. The second-order valence-electron chi connectivity index (χ2n) is 7.08. The van der Waals surface area contributed by atoms with Crippen LogP contribution in [0, 0.1) is 10.8 Å². The van der Waals surface area contributed by atoms with Gasteiger partial charge in [-0.1, -0.05) is 42.5 Å². The van der Waals surface area contributed by atoms with Crippen molar-refractivity contribution >= 4 is 34.6 Å². The fraction of sp³-hybridized carbons (Fsp3) is 0.0833. The monoisotopic (exact) mass is 366 g/mol. The van der Waals surface area contributed by atoms with Gasteiger partial charge in [-0.2, -0.15) is 0 Å². The first-order chi connectivity index (χ1) is 13.5. The molecule has 0 atom stereocenters. The van der Waals surface area contributed by atoms with Crippen molar-refractivity contribution in [3.63, 3.8) is 0 Å². The van der Waals surface area contributed by atoms with Crippen molar-refractivity contribution in [3.8, 4) is 0 Å². The summed E-state index contributed by atoms with van der Waals surface area (Å²) in [4.78, 5) is 0. The highest BCUT2D eigenvalue weighted by Gasteiger charge is 2.15. The highest BCUT2D eigenvalue weighted by Crippen LogP contribution is 2.32. The number of nitrogens with two attached hydrogens (primary N) is 1. The Bertz CT molecular complexity index is 1090. The Hall–Kier alpha value is -3.66. The van der Waals surface area contributed by atoms with Gasteiger partial charge in [0.05, 0.1) is 0 Å². The van der Waals surface area contributed by atoms with E-state index in [0.29, 0.717) is 5.71 Å². The van der Waals surface area contributed by atoms with Crippen LogP contribution in [0.3, 0.4) is 0 Å². The smallest absolute Gasteiger partial charge is 0.122 e. The Morgan fingerprint density at radius 1 is 0.857 bits per heavy atom. The highest BCUT2D eigenvalue weighted by molar-refractivity contribution is 5.97. The number of anilines is 2. The van der Waals surface area contributed by atoms with Gasteiger partial charge in [-0.3, -0.25) is 5.41 Å². The van der Waals surface area contributed by atoms with Gasteiger partial charge in [-0.15, -0.1) is 0 Å². The van der Waals surface area contributed by atoms with Crippen molar-refractivity contribution in [1.29, 1.82) is 10.8 Å². The summed E-state index contributed by atoms with van der Waals surface area (Å²) in [5.74, 6) is 0.107. The highest BCUT2D eigenvalue weighted by atomic mass is 14.9. The minimum absolute atomic E-state index is 0.107. The molecule has 0 aromatic heterocycles. The molecule has 0 spiro atoms. The topological polar surface area (TPSA) is 85.8 Å². The zero-order valence-corrected chi connectivity index (χ0v) is 15.7. The maximum Gasteiger partial charge on any atom is 0.122 e. The summed E-state index contributed by atoms with van der Waals surface area (Å²) in [7, 11) is 0. The summed E-state index contributed by atoms with van der Waals surface area (Å²) >= 11 is 0. The number of rotatable bonds is 5. The molecule has 0 bridgehead atoms. The minimum Gasteiger partial charge on any atom is -0.384 e. The predicted molar refractivity (Wildman–Crippen MR) is 118 cm³/mol. The van der Waals surface area contributed by atoms with Crippen molar-refractivity contribution in [2.24, 2.45) is 5.73 Å². The van der Waals surface area contributed by atoms with Gasteiger partial charge in [-0.25, -0.2) is 0 Å². The molecule has 0 unspecified atom stereocenters. The molecule has 4 heteroatoms. The third kappa shape index (κ3) is 3.58. The van der Waals surface area contributed by atoms with E-state index in [-0.39, 0.29) is 5.84 Å². The number of hydrogen-bond donors (Lipinski definition) is 4. The first kappa shape index (κ1) is 17.7. The maximum atomic E-state index is 7.67. The van der Waals surface area contributed by atoms with Gasteiger partial charge in [0.15, 0.2) is 0 Å². The molecule has 5 N–H and O–H groups in total. The van der Waals surface area contributed by atoms with Crippen LogP contribution in [0.5, 0.6) is 0 Å². The number of allylic oxidation sites excluding steroid dienone is 1. The van der Waals surface area contributed by atoms with Crippen LogP contribution < -0.4 is 11.1 Å². The Labute approximate surface area is 164 Å². The molecule has 1 aliphatic rings. The molecule has 3 aromatic carbocycles. The Morgan fingerprint density at radius 3 is 2.07 bits per heavy atom. The summed E-state index contributed by atoms with van der Waals surface area (Å²) in [6.07, 6.45) is 3.06. The average molecular weight is 366 g/mol. The van der Waals surface area contributed by atoms with Crippen LogP contribution in [-0.2, 0) is 6.42 Å². The molecular weight excluding hydrogens is 344 g/mol. The van der Waals surface area contributed by atoms with Crippen molar-refractivity contribution in [1.82, 2.24) is 0 Å². The zero-order valence-electron chi connectivity index (χ0n) is 15.7. The SMILES string of the molecule is CC(=N)c1ccc(Nc2ccc(C3=Cc4ccc(C(=N)N)cc4C3)cc2)cc1. The fourth-order valence-electron chi connectivity index (χ4n) is 3.43. The number of benzene rings is 3. The molecule has 28 heavy (non-hydrogen) atoms. The molecule has 0 fully saturated rings. The number of fused-ring (bicyclic) bond motifs is 1. The summed E-state index contributed by atoms with van der Waals surface area (Å²) < 4.78 is 0. The van der Waals surface area contributed by atoms with E-state index in [2.05, 4.69) is 35.7 Å². The molecule has 4 nitrogen and oxygen atoms in total. The maximum absolute atomic E-state index is 7.67. The lowest BCUT2D eigenvalue weighted by atomic mass is 10.0. The second-order valence-corrected chi connectivity index (χ2v) is 7.08. The Balaban J connectivity index is 1.48. The molecular formula is C24H22N4. The summed E-state index contributed by atoms with van der Waals surface area (Å²) in [6, 6.07) is 22.2. The van der Waals surface area contributed by atoms with E-state index in [1.165, 1.54) is 22.3 Å². The first-order valence-electron chi connectivity index (χ1n) is 9.20. The van der Waals surface area contributed by atoms with E-state index >= 15 is 0 Å². The quantitative estimate of drug-likeness (QED) is 0.369.